The smallest absolute Gasteiger partial charge is 0.270 e. The molecule has 0 amide bonds. The highest BCUT2D eigenvalue weighted by atomic mass is 32.2. The first kappa shape index (κ1) is 18.9. The van der Waals surface area contributed by atoms with Crippen molar-refractivity contribution in [3.63, 3.8) is 0 Å². The molecular weight excluding hydrogens is 320 g/mol. The standard InChI is InChI=1S/C20H28O3S/c1-15(2)6-5-7-17-9-11-18(12-10-17)19-14-16(3)8-13-20(19)24(21,22)23-4/h6,8-9,13-14,18H,5,7,10-12H2,1-4H3. The molecule has 2 rings (SSSR count). The fourth-order valence-corrected chi connectivity index (χ4v) is 4.18. The second-order valence-corrected chi connectivity index (χ2v) is 8.50. The minimum absolute atomic E-state index is 0.247. The van der Waals surface area contributed by atoms with Crippen molar-refractivity contribution >= 4 is 10.1 Å². The number of allylic oxidation sites excluding steroid dienone is 4. The second-order valence-electron chi connectivity index (χ2n) is 6.82. The Morgan fingerprint density at radius 1 is 1.33 bits per heavy atom. The molecule has 0 spiro atoms. The molecule has 1 unspecified atom stereocenters. The highest BCUT2D eigenvalue weighted by molar-refractivity contribution is 7.86. The van der Waals surface area contributed by atoms with Crippen LogP contribution in [0.4, 0.5) is 0 Å². The lowest BCUT2D eigenvalue weighted by Crippen LogP contribution is -2.12. The SMILES string of the molecule is COS(=O)(=O)c1ccc(C)cc1C1CC=C(CCC=C(C)C)CC1. The zero-order chi connectivity index (χ0) is 17.7. The zero-order valence-electron chi connectivity index (χ0n) is 15.1. The van der Waals surface area contributed by atoms with E-state index in [9.17, 15) is 8.42 Å². The summed E-state index contributed by atoms with van der Waals surface area (Å²) >= 11 is 0. The van der Waals surface area contributed by atoms with Crippen molar-refractivity contribution in [3.8, 4) is 0 Å². The maximum atomic E-state index is 12.2. The van der Waals surface area contributed by atoms with Crippen LogP contribution < -0.4 is 0 Å². The second kappa shape index (κ2) is 8.13. The lowest BCUT2D eigenvalue weighted by Gasteiger charge is -2.24. The largest absolute Gasteiger partial charge is 0.296 e. The van der Waals surface area contributed by atoms with Crippen LogP contribution in [0.15, 0.2) is 46.4 Å². The number of hydrogen-bond donors (Lipinski definition) is 0. The van der Waals surface area contributed by atoms with Gasteiger partial charge in [0.05, 0.1) is 12.0 Å². The molecule has 0 aliphatic heterocycles. The average molecular weight is 349 g/mol. The Morgan fingerprint density at radius 3 is 2.67 bits per heavy atom. The topological polar surface area (TPSA) is 43.4 Å². The molecule has 132 valence electrons. The van der Waals surface area contributed by atoms with E-state index >= 15 is 0 Å². The molecule has 24 heavy (non-hydrogen) atoms. The van der Waals surface area contributed by atoms with E-state index in [4.69, 9.17) is 4.18 Å². The number of hydrogen-bond acceptors (Lipinski definition) is 3. The van der Waals surface area contributed by atoms with E-state index in [2.05, 4.69) is 26.0 Å². The highest BCUT2D eigenvalue weighted by Gasteiger charge is 2.25. The van der Waals surface area contributed by atoms with E-state index in [0.29, 0.717) is 4.90 Å². The molecule has 0 heterocycles. The van der Waals surface area contributed by atoms with Crippen LogP contribution in [0.25, 0.3) is 0 Å². The van der Waals surface area contributed by atoms with Gasteiger partial charge in [0.25, 0.3) is 10.1 Å². The molecular formula is C20H28O3S. The van der Waals surface area contributed by atoms with Crippen LogP contribution in [0.2, 0.25) is 0 Å². The number of rotatable bonds is 6. The van der Waals surface area contributed by atoms with Crippen molar-refractivity contribution in [1.82, 2.24) is 0 Å². The van der Waals surface area contributed by atoms with Crippen molar-refractivity contribution in [2.45, 2.75) is 63.7 Å². The van der Waals surface area contributed by atoms with E-state index < -0.39 is 10.1 Å². The van der Waals surface area contributed by atoms with Gasteiger partial charge in [0, 0.05) is 0 Å². The molecule has 0 saturated heterocycles. The third kappa shape index (κ3) is 4.81. The van der Waals surface area contributed by atoms with E-state index in [1.807, 2.05) is 19.1 Å². The summed E-state index contributed by atoms with van der Waals surface area (Å²) in [6.07, 6.45) is 9.72. The first-order valence-electron chi connectivity index (χ1n) is 8.56. The molecule has 1 aliphatic carbocycles. The van der Waals surface area contributed by atoms with Gasteiger partial charge < -0.3 is 0 Å². The minimum atomic E-state index is -3.66. The molecule has 0 aromatic heterocycles. The van der Waals surface area contributed by atoms with Crippen molar-refractivity contribution in [1.29, 1.82) is 0 Å². The van der Waals surface area contributed by atoms with Gasteiger partial charge >= 0.3 is 0 Å². The highest BCUT2D eigenvalue weighted by Crippen LogP contribution is 2.37. The first-order valence-corrected chi connectivity index (χ1v) is 9.96. The van der Waals surface area contributed by atoms with Crippen LogP contribution in [-0.2, 0) is 14.3 Å². The molecule has 1 aromatic rings. The molecule has 1 atom stereocenters. The number of aryl methyl sites for hydroxylation is 1. The average Bonchev–Trinajstić information content (AvgIpc) is 2.55. The predicted octanol–water partition coefficient (Wildman–Crippen LogP) is 5.27. The summed E-state index contributed by atoms with van der Waals surface area (Å²) < 4.78 is 29.1. The Kier molecular flexibility index (Phi) is 6.41. The molecule has 0 radical (unpaired) electrons. The monoisotopic (exact) mass is 348 g/mol. The lowest BCUT2D eigenvalue weighted by atomic mass is 9.83. The van der Waals surface area contributed by atoms with Crippen LogP contribution >= 0.6 is 0 Å². The van der Waals surface area contributed by atoms with Gasteiger partial charge in [0.1, 0.15) is 0 Å². The molecule has 0 fully saturated rings. The minimum Gasteiger partial charge on any atom is -0.270 e. The molecule has 1 aromatic carbocycles. The predicted molar refractivity (Wildman–Crippen MR) is 98.7 cm³/mol. The van der Waals surface area contributed by atoms with Crippen LogP contribution in [0.3, 0.4) is 0 Å². The summed E-state index contributed by atoms with van der Waals surface area (Å²) in [4.78, 5) is 0.321. The van der Waals surface area contributed by atoms with Crippen LogP contribution in [0.1, 0.15) is 63.0 Å². The summed E-state index contributed by atoms with van der Waals surface area (Å²) in [5, 5.41) is 0. The van der Waals surface area contributed by atoms with E-state index in [-0.39, 0.29) is 5.92 Å². The Bertz CT molecular complexity index is 738. The fraction of sp³-hybridized carbons (Fsp3) is 0.500. The van der Waals surface area contributed by atoms with Crippen molar-refractivity contribution in [2.24, 2.45) is 0 Å². The molecule has 1 aliphatic rings. The first-order chi connectivity index (χ1) is 11.3. The van der Waals surface area contributed by atoms with Gasteiger partial charge in [-0.05, 0) is 70.4 Å². The van der Waals surface area contributed by atoms with Crippen LogP contribution in [-0.4, -0.2) is 15.5 Å². The summed E-state index contributed by atoms with van der Waals surface area (Å²) in [6, 6.07) is 5.51. The molecule has 0 N–H and O–H groups in total. The quantitative estimate of drug-likeness (QED) is 0.519. The number of benzene rings is 1. The molecule has 4 heteroatoms. The Balaban J connectivity index is 2.18. The van der Waals surface area contributed by atoms with Gasteiger partial charge in [-0.15, -0.1) is 0 Å². The van der Waals surface area contributed by atoms with Gasteiger partial charge in [0.2, 0.25) is 0 Å². The third-order valence-electron chi connectivity index (χ3n) is 4.62. The molecule has 3 nitrogen and oxygen atoms in total. The summed E-state index contributed by atoms with van der Waals surface area (Å²) in [5.74, 6) is 0.247. The Morgan fingerprint density at radius 2 is 2.08 bits per heavy atom. The third-order valence-corrected chi connectivity index (χ3v) is 5.97. The Labute approximate surface area is 146 Å². The van der Waals surface area contributed by atoms with Crippen LogP contribution in [0, 0.1) is 6.92 Å². The normalized spacial score (nSPS) is 18.2. The summed E-state index contributed by atoms with van der Waals surface area (Å²) in [6.45, 7) is 6.25. The van der Waals surface area contributed by atoms with Gasteiger partial charge in [-0.2, -0.15) is 8.42 Å². The van der Waals surface area contributed by atoms with Gasteiger partial charge in [-0.25, -0.2) is 0 Å². The molecule has 0 bridgehead atoms. The van der Waals surface area contributed by atoms with Crippen molar-refractivity contribution < 1.29 is 12.6 Å². The fourth-order valence-electron chi connectivity index (χ4n) is 3.25. The summed E-state index contributed by atoms with van der Waals surface area (Å²) in [5.41, 5.74) is 4.83. The maximum absolute atomic E-state index is 12.2. The van der Waals surface area contributed by atoms with Crippen molar-refractivity contribution in [3.05, 3.63) is 52.6 Å². The van der Waals surface area contributed by atoms with E-state index in [1.165, 1.54) is 18.3 Å². The van der Waals surface area contributed by atoms with Crippen LogP contribution in [0.5, 0.6) is 0 Å². The molecule has 0 saturated carbocycles. The van der Waals surface area contributed by atoms with E-state index in [1.54, 1.807) is 6.07 Å². The van der Waals surface area contributed by atoms with Gasteiger partial charge in [-0.1, -0.05) is 41.0 Å². The lowest BCUT2D eigenvalue weighted by molar-refractivity contribution is 0.396. The van der Waals surface area contributed by atoms with Crippen molar-refractivity contribution in [2.75, 3.05) is 7.11 Å². The van der Waals surface area contributed by atoms with E-state index in [0.717, 1.165) is 43.2 Å². The van der Waals surface area contributed by atoms with Gasteiger partial charge in [0.15, 0.2) is 0 Å². The maximum Gasteiger partial charge on any atom is 0.296 e. The van der Waals surface area contributed by atoms with Gasteiger partial charge in [-0.3, -0.25) is 4.18 Å². The summed E-state index contributed by atoms with van der Waals surface area (Å²) in [7, 11) is -2.44. The Hall–Kier alpha value is -1.39. The zero-order valence-corrected chi connectivity index (χ0v) is 15.9.